The molecule has 1 fully saturated rings. The smallest absolute Gasteiger partial charge is 0.253 e. The molecule has 0 saturated carbocycles. The van der Waals surface area contributed by atoms with Gasteiger partial charge in [0, 0.05) is 33.5 Å². The molecule has 0 spiro atoms. The van der Waals surface area contributed by atoms with Crippen LogP contribution in [0.5, 0.6) is 0 Å². The van der Waals surface area contributed by atoms with Gasteiger partial charge in [-0.3, -0.25) is 9.59 Å². The van der Waals surface area contributed by atoms with Crippen LogP contribution in [0.3, 0.4) is 0 Å². The minimum atomic E-state index is -0.365. The molecule has 4 nitrogen and oxygen atoms in total. The van der Waals surface area contributed by atoms with Gasteiger partial charge in [-0.25, -0.2) is 4.39 Å². The first kappa shape index (κ1) is 19.0. The topological polar surface area (TPSA) is 49.4 Å². The van der Waals surface area contributed by atoms with Crippen molar-refractivity contribution in [1.29, 1.82) is 0 Å². The molecule has 0 bridgehead atoms. The van der Waals surface area contributed by atoms with Crippen molar-refractivity contribution in [2.24, 2.45) is 5.92 Å². The van der Waals surface area contributed by atoms with E-state index in [9.17, 15) is 14.0 Å². The third kappa shape index (κ3) is 4.51. The molecule has 0 unspecified atom stereocenters. The summed E-state index contributed by atoms with van der Waals surface area (Å²) in [7, 11) is 0. The van der Waals surface area contributed by atoms with Crippen LogP contribution in [0.25, 0.3) is 0 Å². The van der Waals surface area contributed by atoms with Gasteiger partial charge in [0.15, 0.2) is 0 Å². The first-order valence-corrected chi connectivity index (χ1v) is 9.83. The van der Waals surface area contributed by atoms with Gasteiger partial charge in [-0.1, -0.05) is 15.9 Å². The molecule has 7 heteroatoms. The normalized spacial score (nSPS) is 15.0. The molecule has 3 rings (SSSR count). The van der Waals surface area contributed by atoms with Crippen molar-refractivity contribution in [1.82, 2.24) is 4.90 Å². The molecule has 2 aromatic carbocycles. The zero-order valence-electron chi connectivity index (χ0n) is 13.8. The SMILES string of the molecule is O=C(Nc1ccc(Br)cc1Br)C1CCN(C(=O)c2ccc(F)cc2)CC1. The predicted molar refractivity (Wildman–Crippen MR) is 105 cm³/mol. The number of piperidine rings is 1. The lowest BCUT2D eigenvalue weighted by Gasteiger charge is -2.31. The third-order valence-corrected chi connectivity index (χ3v) is 5.58. The van der Waals surface area contributed by atoms with Crippen LogP contribution in [-0.2, 0) is 4.79 Å². The molecule has 2 amide bonds. The van der Waals surface area contributed by atoms with Gasteiger partial charge in [0.1, 0.15) is 5.82 Å². The quantitative estimate of drug-likeness (QED) is 0.678. The van der Waals surface area contributed by atoms with E-state index in [0.29, 0.717) is 31.5 Å². The standard InChI is InChI=1S/C19H17Br2FN2O2/c20-14-3-6-17(16(21)11-14)23-18(25)12-7-9-24(10-8-12)19(26)13-1-4-15(22)5-2-13/h1-6,11-12H,7-10H2,(H,23,25). The molecule has 26 heavy (non-hydrogen) atoms. The van der Waals surface area contributed by atoms with Crippen LogP contribution < -0.4 is 5.32 Å². The van der Waals surface area contributed by atoms with Crippen LogP contribution in [0.15, 0.2) is 51.4 Å². The summed E-state index contributed by atoms with van der Waals surface area (Å²) in [6.07, 6.45) is 1.21. The summed E-state index contributed by atoms with van der Waals surface area (Å²) in [6.45, 7) is 1.02. The number of nitrogens with zero attached hydrogens (tertiary/aromatic N) is 1. The Labute approximate surface area is 168 Å². The van der Waals surface area contributed by atoms with Crippen molar-refractivity contribution >= 4 is 49.4 Å². The van der Waals surface area contributed by atoms with Gasteiger partial charge in [0.2, 0.25) is 5.91 Å². The number of anilines is 1. The summed E-state index contributed by atoms with van der Waals surface area (Å²) in [6, 6.07) is 11.1. The average Bonchev–Trinajstić information content (AvgIpc) is 2.64. The van der Waals surface area contributed by atoms with Crippen molar-refractivity contribution in [2.45, 2.75) is 12.8 Å². The zero-order chi connectivity index (χ0) is 18.7. The molecule has 0 aliphatic carbocycles. The summed E-state index contributed by atoms with van der Waals surface area (Å²) < 4.78 is 14.7. The molecular weight excluding hydrogens is 467 g/mol. The second-order valence-corrected chi connectivity index (χ2v) is 7.96. The van der Waals surface area contributed by atoms with Crippen molar-refractivity contribution in [3.05, 3.63) is 62.8 Å². The fraction of sp³-hybridized carbons (Fsp3) is 0.263. The summed E-state index contributed by atoms with van der Waals surface area (Å²) in [5.74, 6) is -0.666. The highest BCUT2D eigenvalue weighted by Gasteiger charge is 2.28. The van der Waals surface area contributed by atoms with E-state index in [1.807, 2.05) is 18.2 Å². The molecule has 0 radical (unpaired) electrons. The molecule has 1 aliphatic rings. The Hall–Kier alpha value is -1.73. The first-order chi connectivity index (χ1) is 12.4. The van der Waals surface area contributed by atoms with E-state index in [1.165, 1.54) is 24.3 Å². The number of nitrogens with one attached hydrogen (secondary N) is 1. The van der Waals surface area contributed by atoms with Gasteiger partial charge in [-0.2, -0.15) is 0 Å². The van der Waals surface area contributed by atoms with Crippen LogP contribution in [0.1, 0.15) is 23.2 Å². The number of benzene rings is 2. The Balaban J connectivity index is 1.56. The number of halogens is 3. The third-order valence-electron chi connectivity index (χ3n) is 4.43. The lowest BCUT2D eigenvalue weighted by molar-refractivity contribution is -0.121. The van der Waals surface area contributed by atoms with Gasteiger partial charge >= 0.3 is 0 Å². The van der Waals surface area contributed by atoms with Crippen molar-refractivity contribution < 1.29 is 14.0 Å². The molecule has 0 aromatic heterocycles. The summed E-state index contributed by atoms with van der Waals surface area (Å²) in [5, 5.41) is 2.94. The second-order valence-electron chi connectivity index (χ2n) is 6.19. The molecule has 1 aliphatic heterocycles. The number of amides is 2. The van der Waals surface area contributed by atoms with Crippen LogP contribution in [0, 0.1) is 11.7 Å². The van der Waals surface area contributed by atoms with E-state index < -0.39 is 0 Å². The lowest BCUT2D eigenvalue weighted by atomic mass is 9.95. The zero-order valence-corrected chi connectivity index (χ0v) is 17.0. The van der Waals surface area contributed by atoms with Crippen LogP contribution >= 0.6 is 31.9 Å². The van der Waals surface area contributed by atoms with Gasteiger partial charge in [-0.15, -0.1) is 0 Å². The largest absolute Gasteiger partial charge is 0.339 e. The van der Waals surface area contributed by atoms with Gasteiger partial charge in [0.05, 0.1) is 5.69 Å². The van der Waals surface area contributed by atoms with E-state index in [1.54, 1.807) is 4.90 Å². The maximum absolute atomic E-state index is 13.0. The Morgan fingerprint density at radius 3 is 2.31 bits per heavy atom. The number of rotatable bonds is 3. The monoisotopic (exact) mass is 482 g/mol. The Morgan fingerprint density at radius 2 is 1.69 bits per heavy atom. The van der Waals surface area contributed by atoms with Crippen LogP contribution in [-0.4, -0.2) is 29.8 Å². The second kappa shape index (κ2) is 8.31. The van der Waals surface area contributed by atoms with E-state index in [-0.39, 0.29) is 23.5 Å². The highest BCUT2D eigenvalue weighted by Crippen LogP contribution is 2.28. The fourth-order valence-electron chi connectivity index (χ4n) is 2.95. The first-order valence-electron chi connectivity index (χ1n) is 8.25. The van der Waals surface area contributed by atoms with Crippen LogP contribution in [0.2, 0.25) is 0 Å². The average molecular weight is 484 g/mol. The minimum absolute atomic E-state index is 0.0399. The number of hydrogen-bond donors (Lipinski definition) is 1. The summed E-state index contributed by atoms with van der Waals surface area (Å²) in [4.78, 5) is 26.7. The molecule has 1 saturated heterocycles. The maximum atomic E-state index is 13.0. The predicted octanol–water partition coefficient (Wildman–Crippen LogP) is 4.84. The highest BCUT2D eigenvalue weighted by atomic mass is 79.9. The van der Waals surface area contributed by atoms with Crippen molar-refractivity contribution in [3.63, 3.8) is 0 Å². The molecule has 136 valence electrons. The van der Waals surface area contributed by atoms with Crippen molar-refractivity contribution in [3.8, 4) is 0 Å². The number of carbonyl (C=O) groups excluding carboxylic acids is 2. The molecule has 1 heterocycles. The van der Waals surface area contributed by atoms with E-state index >= 15 is 0 Å². The van der Waals surface area contributed by atoms with Crippen LogP contribution in [0.4, 0.5) is 10.1 Å². The molecule has 0 atom stereocenters. The number of carbonyl (C=O) groups is 2. The minimum Gasteiger partial charge on any atom is -0.339 e. The molecule has 2 aromatic rings. The Morgan fingerprint density at radius 1 is 1.04 bits per heavy atom. The fourth-order valence-corrected chi connectivity index (χ4v) is 4.09. The molecule has 1 N–H and O–H groups in total. The van der Waals surface area contributed by atoms with Gasteiger partial charge in [-0.05, 0) is 71.2 Å². The van der Waals surface area contributed by atoms with E-state index in [2.05, 4.69) is 37.2 Å². The number of likely N-dealkylation sites (tertiary alicyclic amines) is 1. The summed E-state index contributed by atoms with van der Waals surface area (Å²) in [5.41, 5.74) is 1.19. The van der Waals surface area contributed by atoms with Gasteiger partial charge in [0.25, 0.3) is 5.91 Å². The van der Waals surface area contributed by atoms with E-state index in [4.69, 9.17) is 0 Å². The van der Waals surface area contributed by atoms with E-state index in [0.717, 1.165) is 14.6 Å². The maximum Gasteiger partial charge on any atom is 0.253 e. The number of hydrogen-bond acceptors (Lipinski definition) is 2. The van der Waals surface area contributed by atoms with Crippen molar-refractivity contribution in [2.75, 3.05) is 18.4 Å². The lowest BCUT2D eigenvalue weighted by Crippen LogP contribution is -2.41. The Kier molecular flexibility index (Phi) is 6.09. The highest BCUT2D eigenvalue weighted by molar-refractivity contribution is 9.11. The Bertz CT molecular complexity index is 819. The molecular formula is C19H17Br2FN2O2. The van der Waals surface area contributed by atoms with Gasteiger partial charge < -0.3 is 10.2 Å². The summed E-state index contributed by atoms with van der Waals surface area (Å²) >= 11 is 6.82.